The van der Waals surface area contributed by atoms with Gasteiger partial charge in [0.2, 0.25) is 0 Å². The second-order valence-electron chi connectivity index (χ2n) is 5.48. The highest BCUT2D eigenvalue weighted by Gasteiger charge is 2.35. The standard InChI is InChI=1S/C14H20N2O3/c1-14(8-3-2-6-11(14)17)9-15-12-7-4-5-10(16-12)13(18)19/h4-5,7,11,17H,2-3,6,8-9H2,1H3,(H,15,16)(H,18,19). The molecule has 1 fully saturated rings. The number of pyridine rings is 1. The smallest absolute Gasteiger partial charge is 0.354 e. The fraction of sp³-hybridized carbons (Fsp3) is 0.571. The minimum atomic E-state index is -1.03. The van der Waals surface area contributed by atoms with Gasteiger partial charge >= 0.3 is 5.97 Å². The van der Waals surface area contributed by atoms with E-state index < -0.39 is 5.97 Å². The van der Waals surface area contributed by atoms with Crippen LogP contribution in [0, 0.1) is 5.41 Å². The molecule has 1 aromatic heterocycles. The van der Waals surface area contributed by atoms with Crippen LogP contribution in [0.15, 0.2) is 18.2 Å². The average molecular weight is 264 g/mol. The van der Waals surface area contributed by atoms with E-state index in [-0.39, 0.29) is 17.2 Å². The second-order valence-corrected chi connectivity index (χ2v) is 5.48. The van der Waals surface area contributed by atoms with Crippen LogP contribution in [-0.2, 0) is 0 Å². The number of anilines is 1. The summed E-state index contributed by atoms with van der Waals surface area (Å²) in [5.41, 5.74) is -0.140. The van der Waals surface area contributed by atoms with Crippen LogP contribution in [0.25, 0.3) is 0 Å². The van der Waals surface area contributed by atoms with Gasteiger partial charge in [0, 0.05) is 12.0 Å². The highest BCUT2D eigenvalue weighted by atomic mass is 16.4. The molecular weight excluding hydrogens is 244 g/mol. The quantitative estimate of drug-likeness (QED) is 0.776. The molecule has 2 rings (SSSR count). The molecule has 0 bridgehead atoms. The first-order chi connectivity index (χ1) is 9.01. The molecule has 5 heteroatoms. The van der Waals surface area contributed by atoms with E-state index in [0.29, 0.717) is 12.4 Å². The van der Waals surface area contributed by atoms with Gasteiger partial charge in [-0.15, -0.1) is 0 Å². The van der Waals surface area contributed by atoms with Gasteiger partial charge in [-0.05, 0) is 25.0 Å². The number of carboxylic acids is 1. The minimum absolute atomic E-state index is 0.0272. The van der Waals surface area contributed by atoms with Crippen LogP contribution < -0.4 is 5.32 Å². The van der Waals surface area contributed by atoms with Gasteiger partial charge in [0.25, 0.3) is 0 Å². The van der Waals surface area contributed by atoms with Crippen molar-refractivity contribution in [2.45, 2.75) is 38.7 Å². The van der Waals surface area contributed by atoms with Crippen LogP contribution in [0.2, 0.25) is 0 Å². The highest BCUT2D eigenvalue weighted by molar-refractivity contribution is 5.85. The molecule has 3 N–H and O–H groups in total. The maximum Gasteiger partial charge on any atom is 0.354 e. The van der Waals surface area contributed by atoms with Crippen molar-refractivity contribution in [1.29, 1.82) is 0 Å². The predicted octanol–water partition coefficient (Wildman–Crippen LogP) is 2.13. The number of aromatic nitrogens is 1. The maximum atomic E-state index is 10.8. The number of carbonyl (C=O) groups is 1. The summed E-state index contributed by atoms with van der Waals surface area (Å²) in [5.74, 6) is -0.494. The zero-order valence-corrected chi connectivity index (χ0v) is 11.1. The molecule has 1 heterocycles. The van der Waals surface area contributed by atoms with E-state index in [1.54, 1.807) is 12.1 Å². The molecule has 1 aliphatic carbocycles. The molecule has 0 radical (unpaired) electrons. The van der Waals surface area contributed by atoms with Crippen LogP contribution in [0.3, 0.4) is 0 Å². The fourth-order valence-corrected chi connectivity index (χ4v) is 2.53. The summed E-state index contributed by atoms with van der Waals surface area (Å²) < 4.78 is 0. The Morgan fingerprint density at radius 3 is 3.00 bits per heavy atom. The molecule has 104 valence electrons. The number of aliphatic hydroxyl groups is 1. The van der Waals surface area contributed by atoms with Gasteiger partial charge in [-0.25, -0.2) is 9.78 Å². The Balaban J connectivity index is 2.01. The summed E-state index contributed by atoms with van der Waals surface area (Å²) in [6, 6.07) is 4.87. The lowest BCUT2D eigenvalue weighted by atomic mass is 9.73. The molecule has 1 aliphatic rings. The highest BCUT2D eigenvalue weighted by Crippen LogP contribution is 2.36. The van der Waals surface area contributed by atoms with E-state index >= 15 is 0 Å². The minimum Gasteiger partial charge on any atom is -0.477 e. The van der Waals surface area contributed by atoms with Crippen molar-refractivity contribution in [3.05, 3.63) is 23.9 Å². The molecule has 2 unspecified atom stereocenters. The number of aliphatic hydroxyl groups excluding tert-OH is 1. The Bertz CT molecular complexity index is 464. The molecule has 5 nitrogen and oxygen atoms in total. The Labute approximate surface area is 112 Å². The third kappa shape index (κ3) is 3.23. The van der Waals surface area contributed by atoms with E-state index in [1.165, 1.54) is 6.07 Å². The first-order valence-electron chi connectivity index (χ1n) is 6.63. The first-order valence-corrected chi connectivity index (χ1v) is 6.63. The van der Waals surface area contributed by atoms with E-state index in [1.807, 2.05) is 0 Å². The van der Waals surface area contributed by atoms with E-state index in [2.05, 4.69) is 17.2 Å². The lowest BCUT2D eigenvalue weighted by molar-refractivity contribution is 0.00957. The van der Waals surface area contributed by atoms with Crippen molar-refractivity contribution in [3.8, 4) is 0 Å². The van der Waals surface area contributed by atoms with Crippen LogP contribution in [0.4, 0.5) is 5.82 Å². The number of hydrogen-bond donors (Lipinski definition) is 3. The third-order valence-electron chi connectivity index (χ3n) is 3.92. The Morgan fingerprint density at radius 2 is 2.32 bits per heavy atom. The van der Waals surface area contributed by atoms with Crippen LogP contribution in [0.1, 0.15) is 43.1 Å². The molecule has 0 aromatic carbocycles. The van der Waals surface area contributed by atoms with Gasteiger partial charge in [0.1, 0.15) is 5.82 Å². The van der Waals surface area contributed by atoms with Crippen molar-refractivity contribution in [3.63, 3.8) is 0 Å². The Hall–Kier alpha value is -1.62. The van der Waals surface area contributed by atoms with E-state index in [4.69, 9.17) is 5.11 Å². The normalized spacial score (nSPS) is 26.9. The molecule has 19 heavy (non-hydrogen) atoms. The molecule has 0 spiro atoms. The summed E-state index contributed by atoms with van der Waals surface area (Å²) in [6.07, 6.45) is 3.69. The average Bonchev–Trinajstić information content (AvgIpc) is 2.41. The van der Waals surface area contributed by atoms with Gasteiger partial charge in [0.05, 0.1) is 6.10 Å². The first kappa shape index (κ1) is 13.8. The van der Waals surface area contributed by atoms with Crippen LogP contribution in [-0.4, -0.2) is 33.8 Å². The van der Waals surface area contributed by atoms with Crippen LogP contribution >= 0.6 is 0 Å². The summed E-state index contributed by atoms with van der Waals surface area (Å²) in [4.78, 5) is 14.9. The second kappa shape index (κ2) is 5.57. The van der Waals surface area contributed by atoms with Gasteiger partial charge in [0.15, 0.2) is 5.69 Å². The lowest BCUT2D eigenvalue weighted by Crippen LogP contribution is -2.41. The van der Waals surface area contributed by atoms with Gasteiger partial charge in [-0.3, -0.25) is 0 Å². The van der Waals surface area contributed by atoms with E-state index in [0.717, 1.165) is 25.7 Å². The zero-order valence-electron chi connectivity index (χ0n) is 11.1. The largest absolute Gasteiger partial charge is 0.477 e. The van der Waals surface area contributed by atoms with E-state index in [9.17, 15) is 9.90 Å². The molecule has 2 atom stereocenters. The molecule has 1 aromatic rings. The van der Waals surface area contributed by atoms with Gasteiger partial charge in [-0.1, -0.05) is 25.8 Å². The number of carboxylic acid groups (broad SMARTS) is 1. The SMILES string of the molecule is CC1(CNc2cccc(C(=O)O)n2)CCCCC1O. The fourth-order valence-electron chi connectivity index (χ4n) is 2.53. The molecule has 0 aliphatic heterocycles. The number of aromatic carboxylic acids is 1. The lowest BCUT2D eigenvalue weighted by Gasteiger charge is -2.38. The molecule has 0 amide bonds. The van der Waals surface area contributed by atoms with Gasteiger partial charge in [-0.2, -0.15) is 0 Å². The third-order valence-corrected chi connectivity index (χ3v) is 3.92. The predicted molar refractivity (Wildman–Crippen MR) is 72.3 cm³/mol. The molecule has 1 saturated carbocycles. The monoisotopic (exact) mass is 264 g/mol. The van der Waals surface area contributed by atoms with Crippen molar-refractivity contribution in [1.82, 2.24) is 4.98 Å². The summed E-state index contributed by atoms with van der Waals surface area (Å²) >= 11 is 0. The number of nitrogens with one attached hydrogen (secondary N) is 1. The number of hydrogen-bond acceptors (Lipinski definition) is 4. The maximum absolute atomic E-state index is 10.8. The molecule has 0 saturated heterocycles. The zero-order chi connectivity index (χ0) is 13.9. The van der Waals surface area contributed by atoms with Crippen molar-refractivity contribution in [2.24, 2.45) is 5.41 Å². The van der Waals surface area contributed by atoms with Crippen molar-refractivity contribution < 1.29 is 15.0 Å². The van der Waals surface area contributed by atoms with Crippen molar-refractivity contribution >= 4 is 11.8 Å². The van der Waals surface area contributed by atoms with Gasteiger partial charge < -0.3 is 15.5 Å². The van der Waals surface area contributed by atoms with Crippen molar-refractivity contribution in [2.75, 3.05) is 11.9 Å². The molecular formula is C14H20N2O3. The summed E-state index contributed by atoms with van der Waals surface area (Å²) in [5, 5.41) is 22.1. The number of nitrogens with zero attached hydrogens (tertiary/aromatic N) is 1. The van der Waals surface area contributed by atoms with Crippen LogP contribution in [0.5, 0.6) is 0 Å². The Kier molecular flexibility index (Phi) is 4.04. The summed E-state index contributed by atoms with van der Waals surface area (Å²) in [6.45, 7) is 2.66. The topological polar surface area (TPSA) is 82.5 Å². The Morgan fingerprint density at radius 1 is 1.53 bits per heavy atom. The summed E-state index contributed by atoms with van der Waals surface area (Å²) in [7, 11) is 0. The number of rotatable bonds is 4.